The van der Waals surface area contributed by atoms with E-state index < -0.39 is 53.6 Å². The van der Waals surface area contributed by atoms with Gasteiger partial charge in [0.05, 0.1) is 12.0 Å². The van der Waals surface area contributed by atoms with Gasteiger partial charge in [-0.3, -0.25) is 24.1 Å². The van der Waals surface area contributed by atoms with E-state index in [2.05, 4.69) is 4.90 Å². The van der Waals surface area contributed by atoms with Crippen LogP contribution >= 0.6 is 0 Å². The zero-order valence-electron chi connectivity index (χ0n) is 23.7. The third-order valence-electron chi connectivity index (χ3n) is 9.70. The second-order valence-corrected chi connectivity index (χ2v) is 12.1. The Labute approximate surface area is 234 Å². The molecule has 218 valence electrons. The largest absolute Gasteiger partial charge is 0.462 e. The van der Waals surface area contributed by atoms with E-state index in [9.17, 15) is 24.3 Å². The highest BCUT2D eigenvalue weighted by Gasteiger charge is 2.67. The number of piperazine rings is 1. The van der Waals surface area contributed by atoms with Gasteiger partial charge < -0.3 is 24.2 Å². The Morgan fingerprint density at radius 2 is 1.68 bits per heavy atom. The van der Waals surface area contributed by atoms with Crippen molar-refractivity contribution >= 4 is 23.8 Å². The van der Waals surface area contributed by atoms with Crippen molar-refractivity contribution < 1.29 is 38.5 Å². The van der Waals surface area contributed by atoms with Crippen LogP contribution in [0, 0.1) is 29.1 Å². The van der Waals surface area contributed by atoms with Gasteiger partial charge in [-0.2, -0.15) is 0 Å². The summed E-state index contributed by atoms with van der Waals surface area (Å²) < 4.78 is 17.3. The highest BCUT2D eigenvalue weighted by molar-refractivity contribution is 5.94. The van der Waals surface area contributed by atoms with E-state index in [1.807, 2.05) is 49.1 Å². The number of nitrogens with zero attached hydrogens (tertiary/aromatic N) is 2. The van der Waals surface area contributed by atoms with Crippen molar-refractivity contribution in [2.45, 2.75) is 65.0 Å². The summed E-state index contributed by atoms with van der Waals surface area (Å²) in [5.74, 6) is -2.61. The van der Waals surface area contributed by atoms with E-state index in [4.69, 9.17) is 14.2 Å². The molecule has 0 bridgehead atoms. The number of fused-ring (bicyclic) bond motifs is 2. The maximum atomic E-state index is 13.2. The van der Waals surface area contributed by atoms with Crippen molar-refractivity contribution in [2.75, 3.05) is 32.7 Å². The van der Waals surface area contributed by atoms with Crippen molar-refractivity contribution in [3.05, 3.63) is 35.9 Å². The summed E-state index contributed by atoms with van der Waals surface area (Å²) in [7, 11) is 0. The van der Waals surface area contributed by atoms with Crippen LogP contribution in [0.5, 0.6) is 0 Å². The quantitative estimate of drug-likeness (QED) is 0.428. The number of benzene rings is 1. The van der Waals surface area contributed by atoms with Gasteiger partial charge in [0.2, 0.25) is 0 Å². The molecule has 2 saturated heterocycles. The van der Waals surface area contributed by atoms with Crippen LogP contribution in [0.15, 0.2) is 30.3 Å². The third kappa shape index (κ3) is 5.11. The number of hydrogen-bond donors (Lipinski definition) is 1. The number of esters is 3. The van der Waals surface area contributed by atoms with Gasteiger partial charge >= 0.3 is 17.9 Å². The average molecular weight is 557 g/mol. The van der Waals surface area contributed by atoms with E-state index >= 15 is 0 Å². The zero-order valence-corrected chi connectivity index (χ0v) is 23.7. The molecule has 2 saturated carbocycles. The van der Waals surface area contributed by atoms with Gasteiger partial charge in [-0.15, -0.1) is 0 Å². The predicted octanol–water partition coefficient (Wildman–Crippen LogP) is 1.89. The fourth-order valence-electron chi connectivity index (χ4n) is 7.96. The van der Waals surface area contributed by atoms with Gasteiger partial charge in [0, 0.05) is 75.8 Å². The molecular formula is C30H40N2O8. The number of carbonyl (C=O) groups is 4. The molecule has 4 fully saturated rings. The fraction of sp³-hybridized carbons (Fsp3) is 0.667. The van der Waals surface area contributed by atoms with E-state index in [0.717, 1.165) is 0 Å². The van der Waals surface area contributed by atoms with Gasteiger partial charge in [0.25, 0.3) is 5.91 Å². The van der Waals surface area contributed by atoms with Crippen LogP contribution in [-0.4, -0.2) is 95.9 Å². The summed E-state index contributed by atoms with van der Waals surface area (Å²) in [6.45, 7) is 9.32. The molecule has 0 unspecified atom stereocenters. The van der Waals surface area contributed by atoms with Crippen molar-refractivity contribution in [1.82, 2.24) is 9.80 Å². The molecule has 10 heteroatoms. The first-order valence-electron chi connectivity index (χ1n) is 14.3. The molecule has 0 aromatic heterocycles. The minimum absolute atomic E-state index is 0.00665. The second kappa shape index (κ2) is 11.1. The zero-order chi connectivity index (χ0) is 28.8. The summed E-state index contributed by atoms with van der Waals surface area (Å²) in [6, 6.07) is 9.19. The predicted molar refractivity (Wildman–Crippen MR) is 143 cm³/mol. The Bertz CT molecular complexity index is 1140. The molecule has 0 spiro atoms. The first kappa shape index (κ1) is 28.5. The van der Waals surface area contributed by atoms with Gasteiger partial charge in [-0.25, -0.2) is 0 Å². The van der Waals surface area contributed by atoms with Gasteiger partial charge in [-0.05, 0) is 24.5 Å². The first-order chi connectivity index (χ1) is 19.0. The molecule has 1 amide bonds. The topological polar surface area (TPSA) is 123 Å². The van der Waals surface area contributed by atoms with Crippen molar-refractivity contribution in [3.8, 4) is 0 Å². The molecular weight excluding hydrogens is 516 g/mol. The molecule has 40 heavy (non-hydrogen) atoms. The van der Waals surface area contributed by atoms with Crippen LogP contribution in [0.3, 0.4) is 0 Å². The van der Waals surface area contributed by atoms with Gasteiger partial charge in [0.15, 0.2) is 0 Å². The first-order valence-corrected chi connectivity index (χ1v) is 14.3. The number of ether oxygens (including phenoxy) is 3. The molecule has 0 radical (unpaired) electrons. The van der Waals surface area contributed by atoms with Crippen LogP contribution < -0.4 is 0 Å². The highest BCUT2D eigenvalue weighted by Crippen LogP contribution is 2.59. The minimum atomic E-state index is -1.02. The normalized spacial score (nSPS) is 37.6. The van der Waals surface area contributed by atoms with Gasteiger partial charge in [0.1, 0.15) is 18.3 Å². The number of amides is 1. The Morgan fingerprint density at radius 1 is 1.02 bits per heavy atom. The van der Waals surface area contributed by atoms with E-state index in [-0.39, 0.29) is 23.7 Å². The summed E-state index contributed by atoms with van der Waals surface area (Å²) in [5, 5.41) is 12.1. The Morgan fingerprint density at radius 3 is 2.30 bits per heavy atom. The summed E-state index contributed by atoms with van der Waals surface area (Å²) in [6.07, 6.45) is -1.86. The van der Waals surface area contributed by atoms with E-state index in [1.165, 1.54) is 13.8 Å². The van der Waals surface area contributed by atoms with Crippen LogP contribution in [0.2, 0.25) is 0 Å². The van der Waals surface area contributed by atoms with Crippen molar-refractivity contribution in [2.24, 2.45) is 29.1 Å². The molecule has 5 rings (SSSR count). The van der Waals surface area contributed by atoms with Gasteiger partial charge in [-0.1, -0.05) is 32.0 Å². The van der Waals surface area contributed by atoms with E-state index in [1.54, 1.807) is 0 Å². The van der Waals surface area contributed by atoms with E-state index in [0.29, 0.717) is 51.1 Å². The summed E-state index contributed by atoms with van der Waals surface area (Å²) in [5.41, 5.74) is -0.278. The number of rotatable bonds is 5. The number of hydrogen-bond acceptors (Lipinski definition) is 9. The molecule has 1 N–H and O–H groups in total. The minimum Gasteiger partial charge on any atom is -0.462 e. The van der Waals surface area contributed by atoms with Crippen LogP contribution in [-0.2, 0) is 28.6 Å². The number of aliphatic hydroxyl groups is 1. The highest BCUT2D eigenvalue weighted by atomic mass is 16.6. The molecule has 1 aromatic carbocycles. The van der Waals surface area contributed by atoms with Crippen LogP contribution in [0.25, 0.3) is 0 Å². The average Bonchev–Trinajstić information content (AvgIpc) is 3.33. The summed E-state index contributed by atoms with van der Waals surface area (Å²) >= 11 is 0. The third-order valence-corrected chi connectivity index (χ3v) is 9.70. The maximum Gasteiger partial charge on any atom is 0.311 e. The Hall–Kier alpha value is -2.98. The second-order valence-electron chi connectivity index (χ2n) is 12.1. The lowest BCUT2D eigenvalue weighted by atomic mass is 9.66. The lowest BCUT2D eigenvalue weighted by Gasteiger charge is -2.43. The number of carbonyl (C=O) groups excluding carboxylic acids is 4. The Balaban J connectivity index is 1.34. The molecule has 4 aliphatic rings. The van der Waals surface area contributed by atoms with Crippen molar-refractivity contribution in [3.63, 3.8) is 0 Å². The maximum absolute atomic E-state index is 13.2. The van der Waals surface area contributed by atoms with Crippen LogP contribution in [0.4, 0.5) is 0 Å². The monoisotopic (exact) mass is 556 g/mol. The lowest BCUT2D eigenvalue weighted by Crippen LogP contribution is -2.54. The number of aliphatic hydroxyl groups excluding tert-OH is 1. The lowest BCUT2D eigenvalue weighted by molar-refractivity contribution is -0.165. The van der Waals surface area contributed by atoms with Crippen LogP contribution in [0.1, 0.15) is 50.9 Å². The van der Waals surface area contributed by atoms with Crippen molar-refractivity contribution in [1.29, 1.82) is 0 Å². The molecule has 2 heterocycles. The standard InChI is InChI=1S/C30H40N2O8/c1-17-14-22-25(27(35)30(4)24(39-19(3)34)15-23(26(17)30)38-18(2)33)21(29(37)40-22)16-31-10-12-32(13-11-31)28(36)20-8-6-5-7-9-20/h5-9,17,21-27,35H,10-16H2,1-4H3/t17-,21+,22+,23-,24-,25+,26-,27-,30-/m0/s1. The SMILES string of the molecule is CC(=O)O[C@H]1C[C@H](OC(C)=O)[C@@]2(C)[C@H]1[C@@H](C)C[C@H]1OC(=O)[C@H](CN3CCN(C(=O)c4ccccc4)CC3)[C@H]1[C@@H]2O. The molecule has 2 aliphatic carbocycles. The molecule has 9 atom stereocenters. The Kier molecular flexibility index (Phi) is 7.94. The molecule has 1 aromatic rings. The fourth-order valence-corrected chi connectivity index (χ4v) is 7.96. The molecule has 2 aliphatic heterocycles. The summed E-state index contributed by atoms with van der Waals surface area (Å²) in [4.78, 5) is 54.1. The molecule has 10 nitrogen and oxygen atoms in total. The smallest absolute Gasteiger partial charge is 0.311 e.